The van der Waals surface area contributed by atoms with E-state index in [1.165, 1.54) is 0 Å². The maximum atomic E-state index is 11.5. The molecule has 6 heteroatoms. The second kappa shape index (κ2) is 6.68. The number of carbonyl (C=O) groups is 1. The summed E-state index contributed by atoms with van der Waals surface area (Å²) in [5.74, 6) is 0.543. The number of hydrogen-bond acceptors (Lipinski definition) is 4. The molecule has 0 bridgehead atoms. The average Bonchev–Trinajstić information content (AvgIpc) is 2.77. The first-order valence-electron chi connectivity index (χ1n) is 6.88. The van der Waals surface area contributed by atoms with E-state index in [1.54, 1.807) is 31.2 Å². The van der Waals surface area contributed by atoms with Crippen molar-refractivity contribution in [3.05, 3.63) is 46.6 Å². The highest BCUT2D eigenvalue weighted by molar-refractivity contribution is 5.85. The number of aromatic hydroxyl groups is 1. The van der Waals surface area contributed by atoms with Gasteiger partial charge in [0.25, 0.3) is 0 Å². The molecule has 3 N–H and O–H groups in total. The zero-order valence-electron chi connectivity index (χ0n) is 12.4. The van der Waals surface area contributed by atoms with Gasteiger partial charge in [-0.05, 0) is 37.1 Å². The van der Waals surface area contributed by atoms with Crippen molar-refractivity contribution in [2.75, 3.05) is 11.9 Å². The zero-order valence-corrected chi connectivity index (χ0v) is 12.4. The Kier molecular flexibility index (Phi) is 4.69. The predicted octanol–water partition coefficient (Wildman–Crippen LogP) is 3.06. The predicted molar refractivity (Wildman–Crippen MR) is 81.8 cm³/mol. The lowest BCUT2D eigenvalue weighted by Gasteiger charge is -2.03. The first-order chi connectivity index (χ1) is 10.5. The molecule has 1 amide bonds. The lowest BCUT2D eigenvalue weighted by molar-refractivity contribution is 0.168. The minimum atomic E-state index is -0.601. The van der Waals surface area contributed by atoms with Crippen LogP contribution in [-0.2, 0) is 11.2 Å². The van der Waals surface area contributed by atoms with Crippen LogP contribution in [0.4, 0.5) is 10.6 Å². The number of nitrogens with zero attached hydrogens (tertiary/aromatic N) is 1. The molecular formula is C16H17N3O3. The maximum absolute atomic E-state index is 11.5. The van der Waals surface area contributed by atoms with Crippen molar-refractivity contribution in [2.24, 2.45) is 0 Å². The molecular weight excluding hydrogens is 282 g/mol. The number of H-pyrrole nitrogens is 1. The molecule has 0 aliphatic rings. The van der Waals surface area contributed by atoms with Crippen molar-refractivity contribution in [1.29, 1.82) is 5.26 Å². The van der Waals surface area contributed by atoms with Crippen LogP contribution in [0.2, 0.25) is 0 Å². The van der Waals surface area contributed by atoms with Gasteiger partial charge in [0.2, 0.25) is 0 Å². The van der Waals surface area contributed by atoms with Crippen LogP contribution in [0.5, 0.6) is 5.75 Å². The molecule has 1 aromatic heterocycles. The first kappa shape index (κ1) is 15.4. The van der Waals surface area contributed by atoms with Gasteiger partial charge < -0.3 is 14.8 Å². The van der Waals surface area contributed by atoms with Gasteiger partial charge in [-0.2, -0.15) is 5.26 Å². The lowest BCUT2D eigenvalue weighted by Crippen LogP contribution is -2.14. The fourth-order valence-corrected chi connectivity index (χ4v) is 2.14. The standard InChI is InChI=1S/C16H17N3O3/c1-3-22-16(21)19-15-13(9-17)10(2)14(18-15)8-11-4-6-12(20)7-5-11/h4-7,18,20H,3,8H2,1-2H3,(H,19,21). The molecule has 0 fully saturated rings. The van der Waals surface area contributed by atoms with Gasteiger partial charge >= 0.3 is 6.09 Å². The Hall–Kier alpha value is -2.94. The number of nitrogens with one attached hydrogen (secondary N) is 2. The first-order valence-corrected chi connectivity index (χ1v) is 6.88. The summed E-state index contributed by atoms with van der Waals surface area (Å²) >= 11 is 0. The fraction of sp³-hybridized carbons (Fsp3) is 0.250. The Bertz CT molecular complexity index is 711. The minimum absolute atomic E-state index is 0.203. The maximum Gasteiger partial charge on any atom is 0.412 e. The number of nitriles is 1. The average molecular weight is 299 g/mol. The number of benzene rings is 1. The van der Waals surface area contributed by atoms with Gasteiger partial charge in [-0.1, -0.05) is 12.1 Å². The van der Waals surface area contributed by atoms with Crippen LogP contribution >= 0.6 is 0 Å². The van der Waals surface area contributed by atoms with E-state index >= 15 is 0 Å². The minimum Gasteiger partial charge on any atom is -0.508 e. The van der Waals surface area contributed by atoms with Gasteiger partial charge in [0.1, 0.15) is 17.6 Å². The summed E-state index contributed by atoms with van der Waals surface area (Å²) in [7, 11) is 0. The molecule has 22 heavy (non-hydrogen) atoms. The van der Waals surface area contributed by atoms with Crippen molar-refractivity contribution in [2.45, 2.75) is 20.3 Å². The fourth-order valence-electron chi connectivity index (χ4n) is 2.14. The third kappa shape index (κ3) is 3.38. The van der Waals surface area contributed by atoms with Crippen LogP contribution in [0, 0.1) is 18.3 Å². The van der Waals surface area contributed by atoms with E-state index in [0.29, 0.717) is 17.8 Å². The molecule has 0 aliphatic carbocycles. The summed E-state index contributed by atoms with van der Waals surface area (Å²) in [4.78, 5) is 14.6. The van der Waals surface area contributed by atoms with Crippen LogP contribution in [0.15, 0.2) is 24.3 Å². The van der Waals surface area contributed by atoms with Crippen molar-refractivity contribution in [3.8, 4) is 11.8 Å². The summed E-state index contributed by atoms with van der Waals surface area (Å²) in [6.45, 7) is 3.79. The van der Waals surface area contributed by atoms with Gasteiger partial charge in [-0.15, -0.1) is 0 Å². The molecule has 0 unspecified atom stereocenters. The number of aromatic nitrogens is 1. The normalized spacial score (nSPS) is 10.0. The molecule has 1 aromatic carbocycles. The number of carbonyl (C=O) groups excluding carboxylic acids is 1. The summed E-state index contributed by atoms with van der Waals surface area (Å²) < 4.78 is 4.82. The molecule has 0 spiro atoms. The van der Waals surface area contributed by atoms with Gasteiger partial charge in [-0.3, -0.25) is 5.32 Å². The molecule has 0 saturated carbocycles. The Labute approximate surface area is 128 Å². The van der Waals surface area contributed by atoms with E-state index in [9.17, 15) is 15.2 Å². The highest BCUT2D eigenvalue weighted by Crippen LogP contribution is 2.24. The number of phenols is 1. The van der Waals surface area contributed by atoms with Crippen molar-refractivity contribution < 1.29 is 14.6 Å². The van der Waals surface area contributed by atoms with E-state index in [2.05, 4.69) is 16.4 Å². The second-order valence-electron chi connectivity index (χ2n) is 4.78. The quantitative estimate of drug-likeness (QED) is 0.808. The molecule has 2 rings (SSSR count). The van der Waals surface area contributed by atoms with Gasteiger partial charge in [0.15, 0.2) is 0 Å². The molecule has 0 atom stereocenters. The summed E-state index contributed by atoms with van der Waals surface area (Å²) in [6, 6.07) is 8.91. The van der Waals surface area contributed by atoms with Crippen LogP contribution in [0.25, 0.3) is 0 Å². The van der Waals surface area contributed by atoms with Gasteiger partial charge in [0, 0.05) is 12.1 Å². The SMILES string of the molecule is CCOC(=O)Nc1[nH]c(Cc2ccc(O)cc2)c(C)c1C#N. The third-order valence-corrected chi connectivity index (χ3v) is 3.29. The van der Waals surface area contributed by atoms with Crippen LogP contribution < -0.4 is 5.32 Å². The second-order valence-corrected chi connectivity index (χ2v) is 4.78. The molecule has 114 valence electrons. The van der Waals surface area contributed by atoms with Crippen LogP contribution in [0.3, 0.4) is 0 Å². The number of hydrogen-bond donors (Lipinski definition) is 3. The van der Waals surface area contributed by atoms with Gasteiger partial charge in [-0.25, -0.2) is 4.79 Å². The Morgan fingerprint density at radius 3 is 2.68 bits per heavy atom. The third-order valence-electron chi connectivity index (χ3n) is 3.29. The molecule has 0 saturated heterocycles. The summed E-state index contributed by atoms with van der Waals surface area (Å²) in [5.41, 5.74) is 2.98. The lowest BCUT2D eigenvalue weighted by atomic mass is 10.1. The number of phenolic OH excluding ortho intramolecular Hbond substituents is 1. The molecule has 2 aromatic rings. The monoisotopic (exact) mass is 299 g/mol. The number of anilines is 1. The van der Waals surface area contributed by atoms with E-state index in [-0.39, 0.29) is 12.4 Å². The number of aromatic amines is 1. The zero-order chi connectivity index (χ0) is 16.1. The van der Waals surface area contributed by atoms with E-state index in [1.807, 2.05) is 6.92 Å². The molecule has 1 heterocycles. The van der Waals surface area contributed by atoms with Gasteiger partial charge in [0.05, 0.1) is 12.2 Å². The Balaban J connectivity index is 2.25. The highest BCUT2D eigenvalue weighted by atomic mass is 16.5. The van der Waals surface area contributed by atoms with Crippen LogP contribution in [0.1, 0.15) is 29.3 Å². The number of amides is 1. The summed E-state index contributed by atoms with van der Waals surface area (Å²) in [6.07, 6.45) is -0.0397. The smallest absolute Gasteiger partial charge is 0.412 e. The Morgan fingerprint density at radius 1 is 1.41 bits per heavy atom. The molecule has 0 radical (unpaired) electrons. The molecule has 6 nitrogen and oxygen atoms in total. The van der Waals surface area contributed by atoms with E-state index in [0.717, 1.165) is 16.8 Å². The van der Waals surface area contributed by atoms with E-state index < -0.39 is 6.09 Å². The van der Waals surface area contributed by atoms with Crippen molar-refractivity contribution in [1.82, 2.24) is 4.98 Å². The number of ether oxygens (including phenoxy) is 1. The Morgan fingerprint density at radius 2 is 2.09 bits per heavy atom. The van der Waals surface area contributed by atoms with E-state index in [4.69, 9.17) is 4.74 Å². The molecule has 0 aliphatic heterocycles. The van der Waals surface area contributed by atoms with Crippen molar-refractivity contribution >= 4 is 11.9 Å². The topological polar surface area (TPSA) is 98.1 Å². The van der Waals surface area contributed by atoms with Crippen LogP contribution in [-0.4, -0.2) is 22.8 Å². The number of rotatable bonds is 4. The highest BCUT2D eigenvalue weighted by Gasteiger charge is 2.16. The summed E-state index contributed by atoms with van der Waals surface area (Å²) in [5, 5.41) is 21.1. The largest absolute Gasteiger partial charge is 0.508 e. The van der Waals surface area contributed by atoms with Crippen molar-refractivity contribution in [3.63, 3.8) is 0 Å².